The molecule has 0 aliphatic rings. The van der Waals surface area contributed by atoms with Crippen LogP contribution in [0.25, 0.3) is 0 Å². The zero-order chi connectivity index (χ0) is 12.8. The predicted octanol–water partition coefficient (Wildman–Crippen LogP) is 1.26. The zero-order valence-electron chi connectivity index (χ0n) is 9.56. The minimum absolute atomic E-state index is 0.155. The molecule has 1 aromatic carbocycles. The van der Waals surface area contributed by atoms with Gasteiger partial charge in [-0.25, -0.2) is 0 Å². The van der Waals surface area contributed by atoms with Gasteiger partial charge in [0, 0.05) is 10.6 Å². The Balaban J connectivity index is 2.73. The number of hydrogen-bond donors (Lipinski definition) is 3. The molecule has 0 saturated carbocycles. The Morgan fingerprint density at radius 2 is 2.12 bits per heavy atom. The summed E-state index contributed by atoms with van der Waals surface area (Å²) < 4.78 is 0. The van der Waals surface area contributed by atoms with Gasteiger partial charge in [0.1, 0.15) is 0 Å². The van der Waals surface area contributed by atoms with Crippen molar-refractivity contribution in [2.24, 2.45) is 0 Å². The van der Waals surface area contributed by atoms with Crippen LogP contribution < -0.4 is 5.32 Å². The van der Waals surface area contributed by atoms with Gasteiger partial charge in [-0.15, -0.1) is 0 Å². The fraction of sp³-hybridized carbons (Fsp3) is 0.417. The monoisotopic (exact) mass is 257 g/mol. The number of hydrogen-bond acceptors (Lipinski definition) is 3. The highest BCUT2D eigenvalue weighted by Crippen LogP contribution is 2.22. The minimum atomic E-state index is -1.32. The Labute approximate surface area is 105 Å². The number of nitrogens with one attached hydrogen (secondary N) is 1. The zero-order valence-corrected chi connectivity index (χ0v) is 10.3. The van der Waals surface area contributed by atoms with Crippen LogP contribution >= 0.6 is 11.6 Å². The Hall–Kier alpha value is -1.10. The summed E-state index contributed by atoms with van der Waals surface area (Å²) in [4.78, 5) is 11.7. The molecule has 0 aromatic heterocycles. The second-order valence-electron chi connectivity index (χ2n) is 3.72. The predicted molar refractivity (Wildman–Crippen MR) is 65.7 cm³/mol. The van der Waals surface area contributed by atoms with Crippen molar-refractivity contribution in [1.29, 1.82) is 0 Å². The van der Waals surface area contributed by atoms with E-state index in [1.165, 1.54) is 0 Å². The van der Waals surface area contributed by atoms with Gasteiger partial charge < -0.3 is 15.5 Å². The Morgan fingerprint density at radius 1 is 1.47 bits per heavy atom. The van der Waals surface area contributed by atoms with Crippen molar-refractivity contribution < 1.29 is 15.0 Å². The summed E-state index contributed by atoms with van der Waals surface area (Å²) in [5, 5.41) is 21.7. The van der Waals surface area contributed by atoms with Gasteiger partial charge in [0.15, 0.2) is 6.10 Å². The number of carbonyl (C=O) groups is 1. The topological polar surface area (TPSA) is 69.6 Å². The van der Waals surface area contributed by atoms with Crippen molar-refractivity contribution in [2.75, 3.05) is 6.61 Å². The van der Waals surface area contributed by atoms with Gasteiger partial charge in [-0.3, -0.25) is 4.79 Å². The molecule has 3 N–H and O–H groups in total. The van der Waals surface area contributed by atoms with E-state index in [9.17, 15) is 9.90 Å². The van der Waals surface area contributed by atoms with Gasteiger partial charge >= 0.3 is 0 Å². The van der Waals surface area contributed by atoms with Crippen LogP contribution in [0.4, 0.5) is 0 Å². The Bertz CT molecular complexity index is 380. The highest BCUT2D eigenvalue weighted by atomic mass is 35.5. The molecule has 5 heteroatoms. The van der Waals surface area contributed by atoms with Crippen molar-refractivity contribution in [2.45, 2.75) is 25.5 Å². The third kappa shape index (κ3) is 3.70. The van der Waals surface area contributed by atoms with Gasteiger partial charge in [-0.05, 0) is 12.5 Å². The van der Waals surface area contributed by atoms with E-state index in [2.05, 4.69) is 5.32 Å². The molecule has 1 unspecified atom stereocenters. The van der Waals surface area contributed by atoms with E-state index >= 15 is 0 Å². The van der Waals surface area contributed by atoms with Crippen molar-refractivity contribution >= 4 is 17.5 Å². The standard InChI is InChI=1S/C12H16ClNO3/c1-2-8(7-15)14-12(17)11(16)9-5-3-4-6-10(9)13/h3-6,8,11,15-16H,2,7H2,1H3,(H,14,17)/t8?,11-/m1/s1. The molecule has 0 spiro atoms. The van der Waals surface area contributed by atoms with Gasteiger partial charge in [0.2, 0.25) is 0 Å². The van der Waals surface area contributed by atoms with Crippen molar-refractivity contribution in [3.63, 3.8) is 0 Å². The lowest BCUT2D eigenvalue weighted by atomic mass is 10.1. The van der Waals surface area contributed by atoms with Crippen molar-refractivity contribution in [3.05, 3.63) is 34.9 Å². The van der Waals surface area contributed by atoms with Gasteiger partial charge in [-0.2, -0.15) is 0 Å². The first-order chi connectivity index (χ1) is 8.10. The first kappa shape index (κ1) is 14.0. The summed E-state index contributed by atoms with van der Waals surface area (Å²) in [7, 11) is 0. The van der Waals surface area contributed by atoms with Crippen LogP contribution in [0.2, 0.25) is 5.02 Å². The minimum Gasteiger partial charge on any atom is -0.394 e. The number of aliphatic hydroxyl groups is 2. The van der Waals surface area contributed by atoms with Crippen LogP contribution in [0.15, 0.2) is 24.3 Å². The van der Waals surface area contributed by atoms with E-state index in [0.29, 0.717) is 17.0 Å². The van der Waals surface area contributed by atoms with Crippen molar-refractivity contribution in [3.8, 4) is 0 Å². The van der Waals surface area contributed by atoms with Gasteiger partial charge in [0.25, 0.3) is 5.91 Å². The summed E-state index contributed by atoms with van der Waals surface area (Å²) >= 11 is 5.88. The van der Waals surface area contributed by atoms with E-state index < -0.39 is 12.0 Å². The average Bonchev–Trinajstić information content (AvgIpc) is 2.35. The summed E-state index contributed by atoms with van der Waals surface area (Å²) in [6, 6.07) is 6.27. The van der Waals surface area contributed by atoms with Gasteiger partial charge in [-0.1, -0.05) is 36.7 Å². The number of rotatable bonds is 5. The second-order valence-corrected chi connectivity index (χ2v) is 4.13. The third-order valence-electron chi connectivity index (χ3n) is 2.51. The molecule has 4 nitrogen and oxygen atoms in total. The van der Waals surface area contributed by atoms with Crippen LogP contribution in [-0.2, 0) is 4.79 Å². The number of carbonyl (C=O) groups excluding carboxylic acids is 1. The number of halogens is 1. The molecule has 0 bridgehead atoms. The van der Waals surface area contributed by atoms with E-state index in [0.717, 1.165) is 0 Å². The largest absolute Gasteiger partial charge is 0.394 e. The summed E-state index contributed by atoms with van der Waals surface area (Å²) in [5.74, 6) is -0.556. The van der Waals surface area contributed by atoms with Crippen LogP contribution in [0.3, 0.4) is 0 Å². The molecule has 94 valence electrons. The first-order valence-corrected chi connectivity index (χ1v) is 5.81. The molecule has 0 fully saturated rings. The fourth-order valence-corrected chi connectivity index (χ4v) is 1.63. The van der Waals surface area contributed by atoms with Crippen LogP contribution in [0.1, 0.15) is 25.0 Å². The van der Waals surface area contributed by atoms with Crippen LogP contribution in [0.5, 0.6) is 0 Å². The molecule has 0 saturated heterocycles. The molecule has 0 radical (unpaired) electrons. The molecule has 0 heterocycles. The lowest BCUT2D eigenvalue weighted by molar-refractivity contribution is -0.130. The normalized spacial score (nSPS) is 14.1. The molecular weight excluding hydrogens is 242 g/mol. The number of aliphatic hydroxyl groups excluding tert-OH is 2. The van der Waals surface area contributed by atoms with E-state index in [1.54, 1.807) is 24.3 Å². The molecule has 1 rings (SSSR count). The molecule has 1 amide bonds. The molecule has 2 atom stereocenters. The van der Waals surface area contributed by atoms with Gasteiger partial charge in [0.05, 0.1) is 12.6 Å². The lowest BCUT2D eigenvalue weighted by Crippen LogP contribution is -2.39. The third-order valence-corrected chi connectivity index (χ3v) is 2.85. The fourth-order valence-electron chi connectivity index (χ4n) is 1.40. The summed E-state index contributed by atoms with van der Waals surface area (Å²) in [5.41, 5.74) is 0.361. The smallest absolute Gasteiger partial charge is 0.253 e. The molecule has 17 heavy (non-hydrogen) atoms. The number of amides is 1. The van der Waals surface area contributed by atoms with Crippen molar-refractivity contribution in [1.82, 2.24) is 5.32 Å². The Kier molecular flexibility index (Phi) is 5.41. The lowest BCUT2D eigenvalue weighted by Gasteiger charge is -2.18. The molecule has 0 aliphatic heterocycles. The highest BCUT2D eigenvalue weighted by molar-refractivity contribution is 6.31. The maximum atomic E-state index is 11.7. The average molecular weight is 258 g/mol. The van der Waals surface area contributed by atoms with E-state index in [1.807, 2.05) is 6.92 Å². The quantitative estimate of drug-likeness (QED) is 0.744. The maximum absolute atomic E-state index is 11.7. The van der Waals surface area contributed by atoms with E-state index in [4.69, 9.17) is 16.7 Å². The highest BCUT2D eigenvalue weighted by Gasteiger charge is 2.21. The van der Waals surface area contributed by atoms with Crippen LogP contribution in [0, 0.1) is 0 Å². The number of benzene rings is 1. The van der Waals surface area contributed by atoms with E-state index in [-0.39, 0.29) is 12.6 Å². The summed E-state index contributed by atoms with van der Waals surface area (Å²) in [6.07, 6.45) is -0.721. The maximum Gasteiger partial charge on any atom is 0.253 e. The Morgan fingerprint density at radius 3 is 2.65 bits per heavy atom. The van der Waals surface area contributed by atoms with Crippen LogP contribution in [-0.4, -0.2) is 28.8 Å². The second kappa shape index (κ2) is 6.59. The summed E-state index contributed by atoms with van der Waals surface area (Å²) in [6.45, 7) is 1.68. The molecular formula is C12H16ClNO3. The SMILES string of the molecule is CCC(CO)NC(=O)[C@H](O)c1ccccc1Cl. The molecule has 1 aromatic rings. The molecule has 0 aliphatic carbocycles. The first-order valence-electron chi connectivity index (χ1n) is 5.43.